The fraction of sp³-hybridized carbons (Fsp3) is 0.389. The Bertz CT molecular complexity index is 724. The van der Waals surface area contributed by atoms with Crippen LogP contribution in [0.15, 0.2) is 30.6 Å². The van der Waals surface area contributed by atoms with Gasteiger partial charge in [-0.25, -0.2) is 9.97 Å². The summed E-state index contributed by atoms with van der Waals surface area (Å²) in [6.45, 7) is 6.12. The van der Waals surface area contributed by atoms with Crippen molar-refractivity contribution >= 4 is 29.1 Å². The van der Waals surface area contributed by atoms with Gasteiger partial charge in [0, 0.05) is 36.2 Å². The summed E-state index contributed by atoms with van der Waals surface area (Å²) < 4.78 is 0. The van der Waals surface area contributed by atoms with Crippen molar-refractivity contribution in [3.63, 3.8) is 0 Å². The van der Waals surface area contributed by atoms with Gasteiger partial charge in [0.05, 0.1) is 5.56 Å². The first-order chi connectivity index (χ1) is 11.5. The van der Waals surface area contributed by atoms with Gasteiger partial charge >= 0.3 is 0 Å². The zero-order valence-electron chi connectivity index (χ0n) is 13.9. The number of halogens is 1. The SMILES string of the molecule is Cc1ccc(NC(=O)c2cnc(N3CCC(C)CC3)nc2)cc1Cl. The molecule has 0 radical (unpaired) electrons. The summed E-state index contributed by atoms with van der Waals surface area (Å²) in [4.78, 5) is 23.2. The van der Waals surface area contributed by atoms with Crippen molar-refractivity contribution in [3.05, 3.63) is 46.7 Å². The summed E-state index contributed by atoms with van der Waals surface area (Å²) in [6, 6.07) is 5.43. The van der Waals surface area contributed by atoms with Crippen molar-refractivity contribution in [1.29, 1.82) is 0 Å². The Morgan fingerprint density at radius 1 is 1.25 bits per heavy atom. The van der Waals surface area contributed by atoms with E-state index in [1.807, 2.05) is 19.1 Å². The van der Waals surface area contributed by atoms with E-state index in [1.165, 1.54) is 0 Å². The van der Waals surface area contributed by atoms with Gasteiger partial charge in [0.25, 0.3) is 5.91 Å². The van der Waals surface area contributed by atoms with Crippen molar-refractivity contribution in [2.24, 2.45) is 5.92 Å². The van der Waals surface area contributed by atoms with E-state index in [1.54, 1.807) is 18.5 Å². The highest BCUT2D eigenvalue weighted by Crippen LogP contribution is 2.21. The van der Waals surface area contributed by atoms with E-state index in [2.05, 4.69) is 27.1 Å². The van der Waals surface area contributed by atoms with Crippen LogP contribution in [0.2, 0.25) is 5.02 Å². The zero-order chi connectivity index (χ0) is 17.1. The monoisotopic (exact) mass is 344 g/mol. The molecule has 1 aliphatic heterocycles. The lowest BCUT2D eigenvalue weighted by atomic mass is 10.00. The van der Waals surface area contributed by atoms with E-state index < -0.39 is 0 Å². The average molecular weight is 345 g/mol. The maximum absolute atomic E-state index is 12.3. The number of carbonyl (C=O) groups is 1. The Balaban J connectivity index is 1.66. The van der Waals surface area contributed by atoms with Gasteiger partial charge in [-0.15, -0.1) is 0 Å². The number of benzene rings is 1. The second kappa shape index (κ2) is 7.18. The van der Waals surface area contributed by atoms with Crippen LogP contribution < -0.4 is 10.2 Å². The fourth-order valence-corrected chi connectivity index (χ4v) is 2.86. The fourth-order valence-electron chi connectivity index (χ4n) is 2.68. The van der Waals surface area contributed by atoms with Gasteiger partial charge in [-0.1, -0.05) is 24.6 Å². The molecule has 3 rings (SSSR count). The third kappa shape index (κ3) is 3.85. The number of nitrogens with one attached hydrogen (secondary N) is 1. The smallest absolute Gasteiger partial charge is 0.258 e. The van der Waals surface area contributed by atoms with Crippen LogP contribution in [-0.4, -0.2) is 29.0 Å². The lowest BCUT2D eigenvalue weighted by Crippen LogP contribution is -2.34. The Labute approximate surface area is 147 Å². The van der Waals surface area contributed by atoms with Crippen molar-refractivity contribution in [2.45, 2.75) is 26.7 Å². The molecule has 0 unspecified atom stereocenters. The molecule has 1 aliphatic rings. The third-order valence-corrected chi connectivity index (χ3v) is 4.80. The topological polar surface area (TPSA) is 58.1 Å². The van der Waals surface area contributed by atoms with Crippen molar-refractivity contribution < 1.29 is 4.79 Å². The molecule has 1 N–H and O–H groups in total. The van der Waals surface area contributed by atoms with Gasteiger partial charge in [-0.3, -0.25) is 4.79 Å². The van der Waals surface area contributed by atoms with E-state index in [-0.39, 0.29) is 5.91 Å². The summed E-state index contributed by atoms with van der Waals surface area (Å²) in [5.74, 6) is 1.21. The van der Waals surface area contributed by atoms with Gasteiger partial charge in [0.2, 0.25) is 5.95 Å². The first-order valence-corrected chi connectivity index (χ1v) is 8.55. The third-order valence-electron chi connectivity index (χ3n) is 4.40. The van der Waals surface area contributed by atoms with Crippen LogP contribution >= 0.6 is 11.6 Å². The second-order valence-corrected chi connectivity index (χ2v) is 6.77. The van der Waals surface area contributed by atoms with Crippen LogP contribution in [0.4, 0.5) is 11.6 Å². The normalized spacial score (nSPS) is 15.4. The minimum Gasteiger partial charge on any atom is -0.341 e. The summed E-state index contributed by atoms with van der Waals surface area (Å²) in [5, 5.41) is 3.44. The van der Waals surface area contributed by atoms with Crippen LogP contribution in [0.5, 0.6) is 0 Å². The molecule has 0 spiro atoms. The molecule has 0 saturated carbocycles. The summed E-state index contributed by atoms with van der Waals surface area (Å²) in [7, 11) is 0. The Hall–Kier alpha value is -2.14. The molecule has 0 bridgehead atoms. The molecule has 24 heavy (non-hydrogen) atoms. The van der Waals surface area contributed by atoms with E-state index in [0.717, 1.165) is 37.4 Å². The molecule has 126 valence electrons. The largest absolute Gasteiger partial charge is 0.341 e. The molecule has 5 nitrogen and oxygen atoms in total. The molecular formula is C18H21ClN4O. The minimum atomic E-state index is -0.242. The van der Waals surface area contributed by atoms with Crippen LogP contribution in [-0.2, 0) is 0 Å². The number of carbonyl (C=O) groups excluding carboxylic acids is 1. The minimum absolute atomic E-state index is 0.242. The first-order valence-electron chi connectivity index (χ1n) is 8.17. The average Bonchev–Trinajstić information content (AvgIpc) is 2.59. The maximum atomic E-state index is 12.3. The van der Waals surface area contributed by atoms with Crippen LogP contribution in [0.25, 0.3) is 0 Å². The number of amides is 1. The van der Waals surface area contributed by atoms with Gasteiger partial charge in [0.15, 0.2) is 0 Å². The van der Waals surface area contributed by atoms with Gasteiger partial charge < -0.3 is 10.2 Å². The number of hydrogen-bond acceptors (Lipinski definition) is 4. The maximum Gasteiger partial charge on any atom is 0.258 e. The number of nitrogens with zero attached hydrogens (tertiary/aromatic N) is 3. The molecule has 0 aliphatic carbocycles. The Morgan fingerprint density at radius 2 is 1.92 bits per heavy atom. The predicted octanol–water partition coefficient (Wildman–Crippen LogP) is 3.93. The lowest BCUT2D eigenvalue weighted by Gasteiger charge is -2.30. The molecule has 1 amide bonds. The molecule has 1 saturated heterocycles. The Morgan fingerprint density at radius 3 is 2.54 bits per heavy atom. The number of aryl methyl sites for hydroxylation is 1. The lowest BCUT2D eigenvalue weighted by molar-refractivity contribution is 0.102. The van der Waals surface area contributed by atoms with Gasteiger partial charge in [0.1, 0.15) is 0 Å². The number of rotatable bonds is 3. The molecule has 1 aromatic carbocycles. The highest BCUT2D eigenvalue weighted by atomic mass is 35.5. The van der Waals surface area contributed by atoms with E-state index in [0.29, 0.717) is 22.2 Å². The van der Waals surface area contributed by atoms with Crippen molar-refractivity contribution in [2.75, 3.05) is 23.3 Å². The van der Waals surface area contributed by atoms with Crippen LogP contribution in [0.1, 0.15) is 35.7 Å². The predicted molar refractivity (Wildman–Crippen MR) is 96.8 cm³/mol. The summed E-state index contributed by atoms with van der Waals surface area (Å²) in [6.07, 6.45) is 5.45. The van der Waals surface area contributed by atoms with E-state index in [4.69, 9.17) is 11.6 Å². The van der Waals surface area contributed by atoms with Gasteiger partial charge in [-0.2, -0.15) is 0 Å². The molecule has 1 fully saturated rings. The molecule has 1 aromatic heterocycles. The number of aromatic nitrogens is 2. The molecule has 6 heteroatoms. The number of hydrogen-bond donors (Lipinski definition) is 1. The van der Waals surface area contributed by atoms with Crippen LogP contribution in [0.3, 0.4) is 0 Å². The molecule has 0 atom stereocenters. The van der Waals surface area contributed by atoms with Crippen LogP contribution in [0, 0.1) is 12.8 Å². The van der Waals surface area contributed by atoms with Gasteiger partial charge in [-0.05, 0) is 43.4 Å². The quantitative estimate of drug-likeness (QED) is 0.916. The number of piperidine rings is 1. The highest BCUT2D eigenvalue weighted by Gasteiger charge is 2.18. The standard InChI is InChI=1S/C18H21ClN4O/c1-12-5-7-23(8-6-12)18-20-10-14(11-21-18)17(24)22-15-4-3-13(2)16(19)9-15/h3-4,9-12H,5-8H2,1-2H3,(H,22,24). The Kier molecular flexibility index (Phi) is 5.00. The van der Waals surface area contributed by atoms with E-state index >= 15 is 0 Å². The molecule has 2 aromatic rings. The second-order valence-electron chi connectivity index (χ2n) is 6.36. The molecule has 2 heterocycles. The first kappa shape index (κ1) is 16.7. The molecular weight excluding hydrogens is 324 g/mol. The summed E-state index contributed by atoms with van der Waals surface area (Å²) >= 11 is 6.08. The highest BCUT2D eigenvalue weighted by molar-refractivity contribution is 6.31. The summed E-state index contributed by atoms with van der Waals surface area (Å²) in [5.41, 5.74) is 2.06. The van der Waals surface area contributed by atoms with E-state index in [9.17, 15) is 4.79 Å². The zero-order valence-corrected chi connectivity index (χ0v) is 14.7. The van der Waals surface area contributed by atoms with Crippen molar-refractivity contribution in [3.8, 4) is 0 Å². The van der Waals surface area contributed by atoms with Crippen molar-refractivity contribution in [1.82, 2.24) is 9.97 Å². The number of anilines is 2.